The molecule has 0 spiro atoms. The predicted molar refractivity (Wildman–Crippen MR) is 64.3 cm³/mol. The van der Waals surface area contributed by atoms with Crippen LogP contribution in [0.15, 0.2) is 0 Å². The lowest BCUT2D eigenvalue weighted by molar-refractivity contribution is -0.123. The largest absolute Gasteiger partial charge is 0.355 e. The Morgan fingerprint density at radius 1 is 1.31 bits per heavy atom. The van der Waals surface area contributed by atoms with Crippen LogP contribution in [0.25, 0.3) is 0 Å². The number of amides is 1. The van der Waals surface area contributed by atoms with Gasteiger partial charge in [-0.25, -0.2) is 0 Å². The molecule has 2 atom stereocenters. The SMILES string of the molecule is CCCNC(=O)C1CC(NC2CC2)CCN1. The maximum absolute atomic E-state index is 11.8. The van der Waals surface area contributed by atoms with Crippen LogP contribution >= 0.6 is 0 Å². The first-order valence-corrected chi connectivity index (χ1v) is 6.56. The van der Waals surface area contributed by atoms with Gasteiger partial charge in [-0.05, 0) is 38.6 Å². The van der Waals surface area contributed by atoms with Gasteiger partial charge in [0.25, 0.3) is 0 Å². The zero-order chi connectivity index (χ0) is 11.4. The molecule has 0 aromatic carbocycles. The predicted octanol–water partition coefficient (Wildman–Crippen LogP) is 0.385. The number of carbonyl (C=O) groups excluding carboxylic acids is 1. The smallest absolute Gasteiger partial charge is 0.237 e. The Bertz CT molecular complexity index is 240. The molecule has 0 bridgehead atoms. The molecule has 0 aromatic heterocycles. The molecule has 2 rings (SSSR count). The third-order valence-electron chi connectivity index (χ3n) is 3.32. The van der Waals surface area contributed by atoms with E-state index >= 15 is 0 Å². The van der Waals surface area contributed by atoms with E-state index in [2.05, 4.69) is 22.9 Å². The van der Waals surface area contributed by atoms with Crippen molar-refractivity contribution in [2.24, 2.45) is 0 Å². The van der Waals surface area contributed by atoms with Gasteiger partial charge in [0.1, 0.15) is 0 Å². The lowest BCUT2D eigenvalue weighted by Crippen LogP contribution is -2.53. The van der Waals surface area contributed by atoms with Crippen LogP contribution in [0, 0.1) is 0 Å². The van der Waals surface area contributed by atoms with Crippen LogP contribution in [0.3, 0.4) is 0 Å². The van der Waals surface area contributed by atoms with Crippen molar-refractivity contribution < 1.29 is 4.79 Å². The Hall–Kier alpha value is -0.610. The first-order valence-electron chi connectivity index (χ1n) is 6.56. The molecule has 4 heteroatoms. The minimum Gasteiger partial charge on any atom is -0.355 e. The fraction of sp³-hybridized carbons (Fsp3) is 0.917. The summed E-state index contributed by atoms with van der Waals surface area (Å²) in [6.45, 7) is 3.82. The summed E-state index contributed by atoms with van der Waals surface area (Å²) in [6, 6.07) is 1.28. The Kier molecular flexibility index (Phi) is 4.18. The minimum absolute atomic E-state index is 0.0107. The lowest BCUT2D eigenvalue weighted by Gasteiger charge is -2.30. The molecule has 1 aliphatic heterocycles. The van der Waals surface area contributed by atoms with E-state index in [1.165, 1.54) is 12.8 Å². The molecule has 3 N–H and O–H groups in total. The van der Waals surface area contributed by atoms with Gasteiger partial charge in [-0.2, -0.15) is 0 Å². The van der Waals surface area contributed by atoms with Crippen LogP contribution < -0.4 is 16.0 Å². The van der Waals surface area contributed by atoms with Gasteiger partial charge in [0.05, 0.1) is 6.04 Å². The molecular formula is C12H23N3O. The summed E-state index contributed by atoms with van der Waals surface area (Å²) in [4.78, 5) is 11.8. The van der Waals surface area contributed by atoms with Crippen LogP contribution in [0.5, 0.6) is 0 Å². The number of hydrogen-bond donors (Lipinski definition) is 3. The molecule has 2 aliphatic rings. The number of nitrogens with one attached hydrogen (secondary N) is 3. The highest BCUT2D eigenvalue weighted by Gasteiger charge is 2.30. The summed E-state index contributed by atoms with van der Waals surface area (Å²) in [6.07, 6.45) is 5.72. The normalized spacial score (nSPS) is 30.1. The van der Waals surface area contributed by atoms with Crippen molar-refractivity contribution in [2.75, 3.05) is 13.1 Å². The Labute approximate surface area is 97.6 Å². The van der Waals surface area contributed by atoms with Gasteiger partial charge in [-0.3, -0.25) is 4.79 Å². The third-order valence-corrected chi connectivity index (χ3v) is 3.32. The lowest BCUT2D eigenvalue weighted by atomic mass is 9.98. The highest BCUT2D eigenvalue weighted by molar-refractivity contribution is 5.81. The standard InChI is InChI=1S/C12H23N3O/c1-2-6-14-12(16)11-8-10(5-7-13-11)15-9-3-4-9/h9-11,13,15H,2-8H2,1H3,(H,14,16). The van der Waals surface area contributed by atoms with E-state index in [1.807, 2.05) is 0 Å². The zero-order valence-electron chi connectivity index (χ0n) is 10.1. The van der Waals surface area contributed by atoms with Crippen LogP contribution in [-0.2, 0) is 4.79 Å². The molecule has 1 amide bonds. The van der Waals surface area contributed by atoms with Crippen LogP contribution in [0.4, 0.5) is 0 Å². The first-order chi connectivity index (χ1) is 7.79. The molecule has 4 nitrogen and oxygen atoms in total. The van der Waals surface area contributed by atoms with Crippen molar-refractivity contribution >= 4 is 5.91 Å². The Balaban J connectivity index is 1.73. The molecule has 1 heterocycles. The van der Waals surface area contributed by atoms with Crippen molar-refractivity contribution in [2.45, 2.75) is 57.2 Å². The number of piperidine rings is 1. The molecular weight excluding hydrogens is 202 g/mol. The van der Waals surface area contributed by atoms with E-state index in [9.17, 15) is 4.79 Å². The second-order valence-electron chi connectivity index (χ2n) is 4.96. The van der Waals surface area contributed by atoms with Crippen molar-refractivity contribution in [1.82, 2.24) is 16.0 Å². The first kappa shape index (κ1) is 11.9. The van der Waals surface area contributed by atoms with E-state index in [4.69, 9.17) is 0 Å². The van der Waals surface area contributed by atoms with Gasteiger partial charge >= 0.3 is 0 Å². The average molecular weight is 225 g/mol. The van der Waals surface area contributed by atoms with E-state index in [-0.39, 0.29) is 11.9 Å². The van der Waals surface area contributed by atoms with Crippen LogP contribution in [0.1, 0.15) is 39.0 Å². The van der Waals surface area contributed by atoms with Gasteiger partial charge in [0.2, 0.25) is 5.91 Å². The second-order valence-corrected chi connectivity index (χ2v) is 4.96. The minimum atomic E-state index is 0.0107. The van der Waals surface area contributed by atoms with Gasteiger partial charge in [0.15, 0.2) is 0 Å². The molecule has 2 fully saturated rings. The molecule has 1 aliphatic carbocycles. The molecule has 1 saturated heterocycles. The van der Waals surface area contributed by atoms with Crippen LogP contribution in [0.2, 0.25) is 0 Å². The fourth-order valence-corrected chi connectivity index (χ4v) is 2.22. The number of carbonyl (C=O) groups is 1. The topological polar surface area (TPSA) is 53.2 Å². The summed E-state index contributed by atoms with van der Waals surface area (Å²) in [5, 5.41) is 9.88. The van der Waals surface area contributed by atoms with Crippen LogP contribution in [-0.4, -0.2) is 37.1 Å². The van der Waals surface area contributed by atoms with Gasteiger partial charge in [0, 0.05) is 18.6 Å². The molecule has 1 saturated carbocycles. The summed E-state index contributed by atoms with van der Waals surface area (Å²) in [5.74, 6) is 0.171. The molecule has 0 radical (unpaired) electrons. The van der Waals surface area contributed by atoms with Crippen molar-refractivity contribution in [3.8, 4) is 0 Å². The molecule has 2 unspecified atom stereocenters. The maximum Gasteiger partial charge on any atom is 0.237 e. The average Bonchev–Trinajstić information content (AvgIpc) is 3.10. The summed E-state index contributed by atoms with van der Waals surface area (Å²) in [5.41, 5.74) is 0. The van der Waals surface area contributed by atoms with Gasteiger partial charge in [-0.1, -0.05) is 6.92 Å². The third kappa shape index (κ3) is 3.46. The number of rotatable bonds is 5. The number of hydrogen-bond acceptors (Lipinski definition) is 3. The van der Waals surface area contributed by atoms with E-state index in [1.54, 1.807) is 0 Å². The van der Waals surface area contributed by atoms with Gasteiger partial charge in [-0.15, -0.1) is 0 Å². The van der Waals surface area contributed by atoms with Crippen molar-refractivity contribution in [3.05, 3.63) is 0 Å². The molecule has 92 valence electrons. The summed E-state index contributed by atoms with van der Waals surface area (Å²) < 4.78 is 0. The Morgan fingerprint density at radius 2 is 2.12 bits per heavy atom. The maximum atomic E-state index is 11.8. The molecule has 0 aromatic rings. The van der Waals surface area contributed by atoms with Gasteiger partial charge < -0.3 is 16.0 Å². The van der Waals surface area contributed by atoms with E-state index < -0.39 is 0 Å². The zero-order valence-corrected chi connectivity index (χ0v) is 10.1. The van der Waals surface area contributed by atoms with Crippen molar-refractivity contribution in [1.29, 1.82) is 0 Å². The highest BCUT2D eigenvalue weighted by atomic mass is 16.2. The summed E-state index contributed by atoms with van der Waals surface area (Å²) >= 11 is 0. The van der Waals surface area contributed by atoms with E-state index in [0.29, 0.717) is 6.04 Å². The summed E-state index contributed by atoms with van der Waals surface area (Å²) in [7, 11) is 0. The fourth-order valence-electron chi connectivity index (χ4n) is 2.22. The molecule has 16 heavy (non-hydrogen) atoms. The quantitative estimate of drug-likeness (QED) is 0.634. The monoisotopic (exact) mass is 225 g/mol. The highest BCUT2D eigenvalue weighted by Crippen LogP contribution is 2.22. The van der Waals surface area contributed by atoms with Crippen molar-refractivity contribution in [3.63, 3.8) is 0 Å². The second kappa shape index (κ2) is 5.64. The Morgan fingerprint density at radius 3 is 2.81 bits per heavy atom. The van der Waals surface area contributed by atoms with E-state index in [0.717, 1.165) is 38.4 Å².